The largest absolute Gasteiger partial charge is 0.497 e. The number of hydrogen-bond donors (Lipinski definition) is 2. The highest BCUT2D eigenvalue weighted by molar-refractivity contribution is 7.90. The summed E-state index contributed by atoms with van der Waals surface area (Å²) in [6.45, 7) is 1.11. The monoisotopic (exact) mass is 490 g/mol. The number of hydrogen-bond acceptors (Lipinski definition) is 6. The van der Waals surface area contributed by atoms with E-state index in [1.165, 1.54) is 24.3 Å². The van der Waals surface area contributed by atoms with E-state index in [0.717, 1.165) is 18.2 Å². The first-order chi connectivity index (χ1) is 16.8. The molecule has 4 aromatic rings. The van der Waals surface area contributed by atoms with Gasteiger partial charge in [0.1, 0.15) is 5.75 Å². The predicted octanol–water partition coefficient (Wildman–Crippen LogP) is 3.63. The van der Waals surface area contributed by atoms with E-state index in [4.69, 9.17) is 4.74 Å². The van der Waals surface area contributed by atoms with Crippen LogP contribution < -0.4 is 14.8 Å². The minimum atomic E-state index is -3.96. The molecule has 0 aliphatic heterocycles. The number of carbonyl (C=O) groups excluding carboxylic acids is 2. The minimum Gasteiger partial charge on any atom is -0.497 e. The number of benzene rings is 3. The van der Waals surface area contributed by atoms with Crippen LogP contribution in [0, 0.1) is 0 Å². The molecule has 35 heavy (non-hydrogen) atoms. The summed E-state index contributed by atoms with van der Waals surface area (Å²) in [5, 5.41) is 7.24. The molecule has 0 spiro atoms. The Labute approximate surface area is 202 Å². The van der Waals surface area contributed by atoms with Gasteiger partial charge < -0.3 is 10.1 Å². The first-order valence-corrected chi connectivity index (χ1v) is 12.0. The van der Waals surface area contributed by atoms with Crippen LogP contribution in [0.1, 0.15) is 17.4 Å². The SMILES string of the molecule is COc1cccc(-c2cc(C(=O)Nc3ccc(S(=O)(=O)NC(C)=O)cc3)nn2-c2ccccc2)c1. The lowest BCUT2D eigenvalue weighted by molar-refractivity contribution is -0.117. The lowest BCUT2D eigenvalue weighted by atomic mass is 10.1. The Morgan fingerprint density at radius 2 is 1.63 bits per heavy atom. The first kappa shape index (κ1) is 23.7. The summed E-state index contributed by atoms with van der Waals surface area (Å²) in [7, 11) is -2.38. The average Bonchev–Trinajstić information content (AvgIpc) is 3.30. The van der Waals surface area contributed by atoms with Gasteiger partial charge in [0.2, 0.25) is 5.91 Å². The maximum atomic E-state index is 13.0. The molecule has 0 bridgehead atoms. The van der Waals surface area contributed by atoms with E-state index >= 15 is 0 Å². The van der Waals surface area contributed by atoms with Crippen molar-refractivity contribution in [3.05, 3.63) is 90.6 Å². The van der Waals surface area contributed by atoms with E-state index in [1.54, 1.807) is 17.9 Å². The summed E-state index contributed by atoms with van der Waals surface area (Å²) in [5.74, 6) is -0.492. The van der Waals surface area contributed by atoms with Crippen LogP contribution in [0.25, 0.3) is 16.9 Å². The van der Waals surface area contributed by atoms with E-state index in [1.807, 2.05) is 59.3 Å². The summed E-state index contributed by atoms with van der Waals surface area (Å²) in [5.41, 5.74) is 2.82. The van der Waals surface area contributed by atoms with Gasteiger partial charge in [-0.15, -0.1) is 0 Å². The molecule has 0 atom stereocenters. The Kier molecular flexibility index (Phi) is 6.65. The van der Waals surface area contributed by atoms with Gasteiger partial charge in [0.25, 0.3) is 15.9 Å². The van der Waals surface area contributed by atoms with Crippen molar-refractivity contribution in [1.29, 1.82) is 0 Å². The van der Waals surface area contributed by atoms with Crippen LogP contribution in [0.3, 0.4) is 0 Å². The second-order valence-corrected chi connectivity index (χ2v) is 9.22. The maximum absolute atomic E-state index is 13.0. The van der Waals surface area contributed by atoms with Crippen LogP contribution in [0.5, 0.6) is 5.75 Å². The van der Waals surface area contributed by atoms with Crippen molar-refractivity contribution < 1.29 is 22.7 Å². The third-order valence-corrected chi connectivity index (χ3v) is 6.46. The summed E-state index contributed by atoms with van der Waals surface area (Å²) < 4.78 is 33.1. The van der Waals surface area contributed by atoms with E-state index in [2.05, 4.69) is 10.4 Å². The smallest absolute Gasteiger partial charge is 0.276 e. The molecule has 2 N–H and O–H groups in total. The number of sulfonamides is 1. The van der Waals surface area contributed by atoms with Gasteiger partial charge in [0, 0.05) is 18.2 Å². The number of aromatic nitrogens is 2. The van der Waals surface area contributed by atoms with Crippen LogP contribution in [-0.2, 0) is 14.8 Å². The zero-order valence-corrected chi connectivity index (χ0v) is 19.7. The predicted molar refractivity (Wildman–Crippen MR) is 131 cm³/mol. The molecule has 3 aromatic carbocycles. The van der Waals surface area contributed by atoms with Crippen LogP contribution in [0.15, 0.2) is 89.8 Å². The fourth-order valence-electron chi connectivity index (χ4n) is 3.41. The summed E-state index contributed by atoms with van der Waals surface area (Å²) in [6.07, 6.45) is 0. The van der Waals surface area contributed by atoms with Crippen molar-refractivity contribution in [3.63, 3.8) is 0 Å². The van der Waals surface area contributed by atoms with E-state index in [-0.39, 0.29) is 10.6 Å². The minimum absolute atomic E-state index is 0.0978. The molecular weight excluding hydrogens is 468 g/mol. The molecule has 0 saturated carbocycles. The Balaban J connectivity index is 1.64. The molecule has 9 nitrogen and oxygen atoms in total. The Morgan fingerprint density at radius 3 is 2.29 bits per heavy atom. The van der Waals surface area contributed by atoms with Gasteiger partial charge in [-0.3, -0.25) is 9.59 Å². The molecule has 10 heteroatoms. The number of nitrogens with zero attached hydrogens (tertiary/aromatic N) is 2. The molecule has 2 amide bonds. The summed E-state index contributed by atoms with van der Waals surface area (Å²) in [4.78, 5) is 24.0. The average molecular weight is 491 g/mol. The Morgan fingerprint density at radius 1 is 0.914 bits per heavy atom. The number of anilines is 1. The molecule has 0 radical (unpaired) electrons. The third-order valence-electron chi connectivity index (χ3n) is 5.01. The first-order valence-electron chi connectivity index (χ1n) is 10.5. The van der Waals surface area contributed by atoms with Gasteiger partial charge >= 0.3 is 0 Å². The number of methoxy groups -OCH3 is 1. The number of amides is 2. The fraction of sp³-hybridized carbons (Fsp3) is 0.0800. The molecule has 0 unspecified atom stereocenters. The van der Waals surface area contributed by atoms with Gasteiger partial charge in [-0.1, -0.05) is 30.3 Å². The quantitative estimate of drug-likeness (QED) is 0.408. The van der Waals surface area contributed by atoms with Crippen LogP contribution in [0.2, 0.25) is 0 Å². The van der Waals surface area contributed by atoms with Crippen molar-refractivity contribution in [1.82, 2.24) is 14.5 Å². The normalized spacial score (nSPS) is 11.0. The van der Waals surface area contributed by atoms with Crippen LogP contribution >= 0.6 is 0 Å². The molecule has 0 saturated heterocycles. The van der Waals surface area contributed by atoms with Crippen molar-refractivity contribution in [2.75, 3.05) is 12.4 Å². The second kappa shape index (κ2) is 9.82. The van der Waals surface area contributed by atoms with E-state index < -0.39 is 21.8 Å². The molecule has 0 aliphatic carbocycles. The van der Waals surface area contributed by atoms with E-state index in [0.29, 0.717) is 17.1 Å². The number of carbonyl (C=O) groups is 2. The highest BCUT2D eigenvalue weighted by Gasteiger charge is 2.19. The van der Waals surface area contributed by atoms with Crippen LogP contribution in [0.4, 0.5) is 5.69 Å². The number of rotatable bonds is 7. The number of nitrogens with one attached hydrogen (secondary N) is 2. The zero-order valence-electron chi connectivity index (χ0n) is 18.9. The standard InChI is InChI=1S/C25H22N4O5S/c1-17(30)28-35(32,33)22-13-11-19(12-14-22)26-25(31)23-16-24(18-7-6-10-21(15-18)34-2)29(27-23)20-8-4-3-5-9-20/h3-16H,1-2H3,(H,26,31)(H,28,30). The molecule has 0 aliphatic rings. The van der Waals surface area contributed by atoms with Crippen LogP contribution in [-0.4, -0.2) is 37.1 Å². The zero-order chi connectivity index (χ0) is 25.0. The van der Waals surface area contributed by atoms with Gasteiger partial charge in [-0.2, -0.15) is 5.10 Å². The van der Waals surface area contributed by atoms with Gasteiger partial charge in [0.05, 0.1) is 23.4 Å². The van der Waals surface area contributed by atoms with Gasteiger partial charge in [-0.25, -0.2) is 17.8 Å². The molecule has 178 valence electrons. The third kappa shape index (κ3) is 5.39. The second-order valence-electron chi connectivity index (χ2n) is 7.53. The molecule has 0 fully saturated rings. The number of ether oxygens (including phenoxy) is 1. The molecule has 4 rings (SSSR count). The molecular formula is C25H22N4O5S. The maximum Gasteiger partial charge on any atom is 0.276 e. The summed E-state index contributed by atoms with van der Waals surface area (Å²) >= 11 is 0. The fourth-order valence-corrected chi connectivity index (χ4v) is 4.40. The van der Waals surface area contributed by atoms with E-state index in [9.17, 15) is 18.0 Å². The lowest BCUT2D eigenvalue weighted by Crippen LogP contribution is -2.28. The Bertz CT molecular complexity index is 1480. The summed E-state index contributed by atoms with van der Waals surface area (Å²) in [6, 6.07) is 24.0. The Hall–Kier alpha value is -4.44. The van der Waals surface area contributed by atoms with Gasteiger partial charge in [-0.05, 0) is 54.6 Å². The highest BCUT2D eigenvalue weighted by atomic mass is 32.2. The van der Waals surface area contributed by atoms with Crippen molar-refractivity contribution in [3.8, 4) is 22.7 Å². The van der Waals surface area contributed by atoms with Crippen molar-refractivity contribution >= 4 is 27.5 Å². The lowest BCUT2D eigenvalue weighted by Gasteiger charge is -2.08. The van der Waals surface area contributed by atoms with Crippen molar-refractivity contribution in [2.45, 2.75) is 11.8 Å². The topological polar surface area (TPSA) is 119 Å². The number of para-hydroxylation sites is 1. The van der Waals surface area contributed by atoms with Gasteiger partial charge in [0.15, 0.2) is 5.69 Å². The van der Waals surface area contributed by atoms with Crippen molar-refractivity contribution in [2.24, 2.45) is 0 Å². The highest BCUT2D eigenvalue weighted by Crippen LogP contribution is 2.27. The molecule has 1 heterocycles. The molecule has 1 aromatic heterocycles.